The standard InChI is InChI=1S/C51H76O3/c1-37(21-14-23-39(3)25-16-27-41(5)32-33-46-43(7)29-18-35-49(46,8)9)19-13-20-38(2)22-15-24-40(4)26-17-28-42(6)34-36-51-48(53)45-31-12-11-30-44(45)47(52)50(51,10)54-51/h11-12,19,23,27,29-31,34,38,40,46H,13-18,20-22,24-26,28,32-33,35-36H2,1-10H3/b37-19+,39-23+,41-27+,42-34+. The van der Waals surface area contributed by atoms with E-state index in [1.807, 2.05) is 12.1 Å². The molecule has 3 nitrogen and oxygen atoms in total. The molecule has 0 N–H and O–H groups in total. The van der Waals surface area contributed by atoms with Gasteiger partial charge in [0.1, 0.15) is 0 Å². The highest BCUT2D eigenvalue weighted by molar-refractivity contribution is 6.25. The molecule has 5 atom stereocenters. The Hall–Kier alpha value is -2.78. The van der Waals surface area contributed by atoms with Crippen LogP contribution < -0.4 is 0 Å². The molecule has 0 spiro atoms. The summed E-state index contributed by atoms with van der Waals surface area (Å²) in [5, 5.41) is 0. The number of carbonyl (C=O) groups excluding carboxylic acids is 2. The van der Waals surface area contributed by atoms with Gasteiger partial charge in [0.15, 0.2) is 22.8 Å². The van der Waals surface area contributed by atoms with Crippen molar-refractivity contribution in [1.29, 1.82) is 0 Å². The zero-order valence-electron chi connectivity index (χ0n) is 36.2. The molecule has 0 radical (unpaired) electrons. The summed E-state index contributed by atoms with van der Waals surface area (Å²) in [7, 11) is 0. The highest BCUT2D eigenvalue weighted by Gasteiger charge is 2.77. The second-order valence-electron chi connectivity index (χ2n) is 18.8. The second kappa shape index (κ2) is 19.9. The Labute approximate surface area is 331 Å². The van der Waals surface area contributed by atoms with E-state index in [4.69, 9.17) is 4.74 Å². The number of allylic oxidation sites excluding steroid dienone is 9. The van der Waals surface area contributed by atoms with Crippen LogP contribution in [0.1, 0.15) is 199 Å². The largest absolute Gasteiger partial charge is 0.345 e. The van der Waals surface area contributed by atoms with Crippen LogP contribution in [-0.4, -0.2) is 22.8 Å². The fourth-order valence-electron chi connectivity index (χ4n) is 9.36. The van der Waals surface area contributed by atoms with Crippen molar-refractivity contribution >= 4 is 11.6 Å². The number of ether oxygens (including phenoxy) is 1. The Balaban J connectivity index is 1.03. The average molecular weight is 737 g/mol. The molecule has 5 unspecified atom stereocenters. The molecule has 0 aromatic heterocycles. The second-order valence-corrected chi connectivity index (χ2v) is 18.8. The molecule has 1 aliphatic heterocycles. The third-order valence-corrected chi connectivity index (χ3v) is 13.5. The molecule has 3 aliphatic rings. The summed E-state index contributed by atoms with van der Waals surface area (Å²) in [5.41, 5.74) is 6.95. The first-order valence-electron chi connectivity index (χ1n) is 21.8. The van der Waals surface area contributed by atoms with Gasteiger partial charge in [-0.2, -0.15) is 0 Å². The van der Waals surface area contributed by atoms with Gasteiger partial charge in [0.2, 0.25) is 0 Å². The van der Waals surface area contributed by atoms with Crippen LogP contribution in [0.3, 0.4) is 0 Å². The minimum atomic E-state index is -1.02. The van der Waals surface area contributed by atoms with Crippen molar-refractivity contribution in [2.75, 3.05) is 0 Å². The molecule has 1 heterocycles. The van der Waals surface area contributed by atoms with E-state index in [-0.39, 0.29) is 11.6 Å². The summed E-state index contributed by atoms with van der Waals surface area (Å²) in [4.78, 5) is 26.4. The highest BCUT2D eigenvalue weighted by Crippen LogP contribution is 2.57. The van der Waals surface area contributed by atoms with Crippen molar-refractivity contribution in [3.63, 3.8) is 0 Å². The molecule has 0 saturated carbocycles. The Kier molecular flexibility index (Phi) is 16.2. The summed E-state index contributed by atoms with van der Waals surface area (Å²) in [6.07, 6.45) is 32.2. The molecular weight excluding hydrogens is 661 g/mol. The Morgan fingerprint density at radius 2 is 1.26 bits per heavy atom. The number of benzene rings is 1. The van der Waals surface area contributed by atoms with E-state index in [9.17, 15) is 9.59 Å². The Morgan fingerprint density at radius 1 is 0.722 bits per heavy atom. The van der Waals surface area contributed by atoms with Gasteiger partial charge < -0.3 is 4.74 Å². The van der Waals surface area contributed by atoms with E-state index in [0.717, 1.165) is 37.0 Å². The van der Waals surface area contributed by atoms with Gasteiger partial charge in [-0.05, 0) is 142 Å². The number of hydrogen-bond acceptors (Lipinski definition) is 3. The van der Waals surface area contributed by atoms with Gasteiger partial charge >= 0.3 is 0 Å². The molecule has 2 aliphatic carbocycles. The summed E-state index contributed by atoms with van der Waals surface area (Å²) in [5.74, 6) is 2.14. The molecule has 1 aromatic carbocycles. The van der Waals surface area contributed by atoms with Gasteiger partial charge in [-0.15, -0.1) is 0 Å². The zero-order valence-corrected chi connectivity index (χ0v) is 36.2. The number of Topliss-reactive ketones (excluding diaryl/α,β-unsaturated/α-hetero) is 2. The van der Waals surface area contributed by atoms with E-state index in [0.29, 0.717) is 23.0 Å². The van der Waals surface area contributed by atoms with E-state index >= 15 is 0 Å². The maximum Gasteiger partial charge on any atom is 0.199 e. The fraction of sp³-hybridized carbons (Fsp3) is 0.647. The molecule has 0 bridgehead atoms. The Morgan fingerprint density at radius 3 is 1.89 bits per heavy atom. The lowest BCUT2D eigenvalue weighted by Crippen LogP contribution is -2.43. The molecule has 54 heavy (non-hydrogen) atoms. The summed E-state index contributed by atoms with van der Waals surface area (Å²) >= 11 is 0. The van der Waals surface area contributed by atoms with Crippen LogP contribution in [0.25, 0.3) is 0 Å². The number of carbonyl (C=O) groups is 2. The third kappa shape index (κ3) is 11.6. The van der Waals surface area contributed by atoms with Crippen LogP contribution in [0.5, 0.6) is 0 Å². The molecule has 3 heteroatoms. The van der Waals surface area contributed by atoms with Crippen LogP contribution in [0.15, 0.2) is 82.5 Å². The molecule has 1 aromatic rings. The number of rotatable bonds is 22. The first-order valence-corrected chi connectivity index (χ1v) is 21.8. The van der Waals surface area contributed by atoms with Gasteiger partial charge in [0.05, 0.1) is 0 Å². The van der Waals surface area contributed by atoms with E-state index in [2.05, 4.69) is 92.7 Å². The predicted octanol–water partition coefficient (Wildman–Crippen LogP) is 14.9. The number of ketones is 2. The number of fused-ring (bicyclic) bond motifs is 2. The lowest BCUT2D eigenvalue weighted by Gasteiger charge is -2.38. The molecule has 1 fully saturated rings. The van der Waals surface area contributed by atoms with Gasteiger partial charge in [-0.3, -0.25) is 9.59 Å². The normalized spacial score (nSPS) is 25.6. The van der Waals surface area contributed by atoms with Crippen molar-refractivity contribution < 1.29 is 14.3 Å². The lowest BCUT2D eigenvalue weighted by atomic mass is 9.67. The maximum absolute atomic E-state index is 13.3. The summed E-state index contributed by atoms with van der Waals surface area (Å²) in [6, 6.07) is 7.14. The van der Waals surface area contributed by atoms with Crippen molar-refractivity contribution in [3.05, 3.63) is 93.6 Å². The Bertz CT molecular complexity index is 1600. The fourth-order valence-corrected chi connectivity index (χ4v) is 9.36. The van der Waals surface area contributed by atoms with Crippen molar-refractivity contribution in [2.45, 2.75) is 190 Å². The van der Waals surface area contributed by atoms with Crippen LogP contribution in [0, 0.1) is 23.2 Å². The zero-order chi connectivity index (χ0) is 39.5. The first kappa shape index (κ1) is 43.9. The van der Waals surface area contributed by atoms with Gasteiger partial charge in [0.25, 0.3) is 0 Å². The minimum Gasteiger partial charge on any atom is -0.345 e. The molecule has 298 valence electrons. The predicted molar refractivity (Wildman–Crippen MR) is 230 cm³/mol. The third-order valence-electron chi connectivity index (χ3n) is 13.5. The maximum atomic E-state index is 13.3. The molecular formula is C51H76O3. The molecule has 1 saturated heterocycles. The topological polar surface area (TPSA) is 46.7 Å². The minimum absolute atomic E-state index is 0.0432. The average Bonchev–Trinajstić information content (AvgIpc) is 3.76. The van der Waals surface area contributed by atoms with Crippen LogP contribution in [-0.2, 0) is 4.74 Å². The highest BCUT2D eigenvalue weighted by atomic mass is 16.6. The van der Waals surface area contributed by atoms with Crippen LogP contribution >= 0.6 is 0 Å². The number of hydrogen-bond donors (Lipinski definition) is 0. The summed E-state index contributed by atoms with van der Waals surface area (Å²) in [6.45, 7) is 23.0. The first-order chi connectivity index (χ1) is 25.6. The molecule has 0 amide bonds. The van der Waals surface area contributed by atoms with Crippen molar-refractivity contribution in [2.24, 2.45) is 23.2 Å². The smallest absolute Gasteiger partial charge is 0.199 e. The number of epoxide rings is 1. The van der Waals surface area contributed by atoms with Gasteiger partial charge in [0, 0.05) is 17.5 Å². The van der Waals surface area contributed by atoms with E-state index < -0.39 is 11.2 Å². The molecule has 4 rings (SSSR count). The summed E-state index contributed by atoms with van der Waals surface area (Å²) < 4.78 is 5.96. The lowest BCUT2D eigenvalue weighted by molar-refractivity contribution is 0.0847. The van der Waals surface area contributed by atoms with Gasteiger partial charge in [-0.25, -0.2) is 0 Å². The van der Waals surface area contributed by atoms with Crippen LogP contribution in [0.4, 0.5) is 0 Å². The monoisotopic (exact) mass is 737 g/mol. The SMILES string of the molecule is CC1=CCCC(C)(C)C1CC/C(C)=C/CC/C(C)=C/CC/C(C)=C/CCC(C)CCCC(C)CCC/C(C)=C/CC12OC1(C)C(=O)c1ccccc1C2=O. The van der Waals surface area contributed by atoms with Gasteiger partial charge in [-0.1, -0.05) is 136 Å². The van der Waals surface area contributed by atoms with Crippen molar-refractivity contribution in [1.82, 2.24) is 0 Å². The van der Waals surface area contributed by atoms with E-state index in [1.54, 1.807) is 30.2 Å². The quantitative estimate of drug-likeness (QED) is 0.0879. The van der Waals surface area contributed by atoms with Crippen LogP contribution in [0.2, 0.25) is 0 Å². The van der Waals surface area contributed by atoms with Crippen molar-refractivity contribution in [3.8, 4) is 0 Å². The van der Waals surface area contributed by atoms with E-state index in [1.165, 1.54) is 100 Å².